The largest absolute Gasteiger partial charge is 0.396 e. The second-order valence-electron chi connectivity index (χ2n) is 23.1. The van der Waals surface area contributed by atoms with E-state index in [2.05, 4.69) is 46.8 Å². The van der Waals surface area contributed by atoms with Gasteiger partial charge in [0, 0.05) is 16.2 Å². The Kier molecular flexibility index (Phi) is 14.5. The van der Waals surface area contributed by atoms with Gasteiger partial charge in [-0.15, -0.1) is 0 Å². The van der Waals surface area contributed by atoms with Crippen molar-refractivity contribution in [3.63, 3.8) is 0 Å². The molecule has 2 unspecified atom stereocenters. The van der Waals surface area contributed by atoms with Gasteiger partial charge in [-0.1, -0.05) is 59.3 Å². The average molecular weight is 959 g/mol. The lowest BCUT2D eigenvalue weighted by Gasteiger charge is -2.70. The molecule has 19 heteroatoms. The molecule has 0 aromatic rings. The molecule has 24 atom stereocenters. The maximum Gasteiger partial charge on any atom is 0.187 e. The molecule has 3 saturated heterocycles. The van der Waals surface area contributed by atoms with Crippen LogP contribution < -0.4 is 0 Å². The van der Waals surface area contributed by atoms with E-state index in [0.717, 1.165) is 25.7 Å². The molecular formula is C48H78O19. The Morgan fingerprint density at radius 3 is 1.81 bits per heavy atom. The van der Waals surface area contributed by atoms with Crippen molar-refractivity contribution in [2.24, 2.45) is 44.3 Å². The molecule has 3 saturated carbocycles. The fourth-order valence-corrected chi connectivity index (χ4v) is 14.5. The van der Waals surface area contributed by atoms with Crippen LogP contribution in [0, 0.1) is 44.3 Å². The van der Waals surface area contributed by atoms with Crippen LogP contribution >= 0.6 is 0 Å². The van der Waals surface area contributed by atoms with Crippen molar-refractivity contribution in [1.29, 1.82) is 0 Å². The predicted molar refractivity (Wildman–Crippen MR) is 233 cm³/mol. The quantitative estimate of drug-likeness (QED) is 0.105. The summed E-state index contributed by atoms with van der Waals surface area (Å²) in [5.74, 6) is -0.0749. The highest BCUT2D eigenvalue weighted by atomic mass is 16.8. The van der Waals surface area contributed by atoms with Gasteiger partial charge in [0.05, 0.1) is 45.2 Å². The number of aliphatic hydroxyl groups is 13. The Morgan fingerprint density at radius 1 is 0.612 bits per heavy atom. The monoisotopic (exact) mass is 959 g/mol. The van der Waals surface area contributed by atoms with E-state index >= 15 is 0 Å². The zero-order valence-corrected chi connectivity index (χ0v) is 39.6. The van der Waals surface area contributed by atoms with Gasteiger partial charge < -0.3 is 94.8 Å². The Hall–Kier alpha value is -1.28. The van der Waals surface area contributed by atoms with E-state index < -0.39 is 140 Å². The summed E-state index contributed by atoms with van der Waals surface area (Å²) < 4.78 is 35.8. The molecule has 67 heavy (non-hydrogen) atoms. The summed E-state index contributed by atoms with van der Waals surface area (Å²) in [5, 5.41) is 141. The number of allylic oxidation sites excluding steroid dienone is 3. The molecule has 0 amide bonds. The van der Waals surface area contributed by atoms with Crippen LogP contribution in [0.25, 0.3) is 0 Å². The maximum absolute atomic E-state index is 12.1. The molecule has 6 fully saturated rings. The molecule has 3 heterocycles. The minimum atomic E-state index is -1.90. The first kappa shape index (κ1) is 52.1. The Labute approximate surface area is 391 Å². The standard InChI is InChI=1S/C48H78O19/c1-43(2)13-14-48(21-52)23(15-43)22-7-8-28-44(3)11-10-30(45(4,20-51)27(44)9-12-46(28,5)47(22,6)16-29(48)53)66-41-38(61)35(58)39(67-42-37(60)34(57)32(55)25(18-50)64-42)26(65-41)19-62-40-36(59)33(56)31(54)24(17-49)63-40/h7-8,24-42,49-61H,9-21H2,1-6H3/t24-,25-,26-,27-,28?,29+,30+,31-,32-,33+,34+,35-,36-,37-,38-,39-,40-,41+,42+,44+,45+,46-,47?,48-/m1/s1. The summed E-state index contributed by atoms with van der Waals surface area (Å²) in [6.07, 6.45) is -16.5. The molecule has 8 rings (SSSR count). The van der Waals surface area contributed by atoms with Crippen LogP contribution in [0.5, 0.6) is 0 Å². The molecule has 13 N–H and O–H groups in total. The lowest BCUT2D eigenvalue weighted by molar-refractivity contribution is -0.376. The van der Waals surface area contributed by atoms with E-state index in [0.29, 0.717) is 25.7 Å². The first-order valence-electron chi connectivity index (χ1n) is 24.3. The second kappa shape index (κ2) is 18.6. The van der Waals surface area contributed by atoms with Crippen LogP contribution in [0.1, 0.15) is 92.9 Å². The van der Waals surface area contributed by atoms with Crippen LogP contribution in [0.4, 0.5) is 0 Å². The van der Waals surface area contributed by atoms with Gasteiger partial charge >= 0.3 is 0 Å². The summed E-state index contributed by atoms with van der Waals surface area (Å²) in [6, 6.07) is 0. The highest BCUT2D eigenvalue weighted by Gasteiger charge is 2.69. The van der Waals surface area contributed by atoms with Gasteiger partial charge in [0.1, 0.15) is 73.2 Å². The second-order valence-corrected chi connectivity index (χ2v) is 23.1. The third-order valence-corrected chi connectivity index (χ3v) is 19.0. The van der Waals surface area contributed by atoms with Crippen molar-refractivity contribution in [3.8, 4) is 0 Å². The van der Waals surface area contributed by atoms with Crippen LogP contribution in [0.15, 0.2) is 23.3 Å². The number of rotatable bonds is 11. The summed E-state index contributed by atoms with van der Waals surface area (Å²) in [6.45, 7) is 10.9. The topological polar surface area (TPSA) is 318 Å². The number of aliphatic hydroxyl groups excluding tert-OH is 13. The first-order valence-corrected chi connectivity index (χ1v) is 24.3. The molecule has 0 aromatic heterocycles. The van der Waals surface area contributed by atoms with Crippen LogP contribution in [0.2, 0.25) is 0 Å². The van der Waals surface area contributed by atoms with E-state index in [1.807, 2.05) is 6.92 Å². The molecule has 19 nitrogen and oxygen atoms in total. The molecule has 0 spiro atoms. The van der Waals surface area contributed by atoms with Crippen LogP contribution in [-0.4, -0.2) is 204 Å². The molecule has 384 valence electrons. The van der Waals surface area contributed by atoms with Crippen LogP contribution in [-0.2, 0) is 28.4 Å². The van der Waals surface area contributed by atoms with Crippen molar-refractivity contribution < 1.29 is 94.8 Å². The molecule has 5 aliphatic carbocycles. The summed E-state index contributed by atoms with van der Waals surface area (Å²) in [5.41, 5.74) is -0.186. The molecule has 0 bridgehead atoms. The first-order chi connectivity index (χ1) is 31.4. The smallest absolute Gasteiger partial charge is 0.187 e. The van der Waals surface area contributed by atoms with Crippen molar-refractivity contribution in [1.82, 2.24) is 0 Å². The van der Waals surface area contributed by atoms with Crippen LogP contribution in [0.3, 0.4) is 0 Å². The number of hydrogen-bond acceptors (Lipinski definition) is 19. The fourth-order valence-electron chi connectivity index (χ4n) is 14.5. The Balaban J connectivity index is 1.06. The molecule has 0 radical (unpaired) electrons. The fraction of sp³-hybridized carbons (Fsp3) is 0.917. The van der Waals surface area contributed by atoms with Crippen molar-refractivity contribution in [2.75, 3.05) is 33.0 Å². The van der Waals surface area contributed by atoms with E-state index in [9.17, 15) is 66.4 Å². The highest BCUT2D eigenvalue weighted by molar-refractivity contribution is 5.47. The Bertz CT molecular complexity index is 1830. The maximum atomic E-state index is 12.1. The number of fused-ring (bicyclic) bond motifs is 6. The van der Waals surface area contributed by atoms with Gasteiger partial charge in [-0.3, -0.25) is 0 Å². The SMILES string of the molecule is CC1(C)CC[C@@]2(CO)C(=C3C=CC4[C@@]5(C)CC[C@H](O[C@@H]6O[C@H](CO[C@@H]7O[C@H](CO)[C@@H](O)[C@H](O)[C@H]7O)[C@@H](O[C@@H]7O[C@H](CO)[C@@H](O)[C@H](O)[C@H]7O)[C@H](O)[C@H]6O)[C@@](C)(CO)[C@@H]5CC[C@@]4(C)C3(C)C[C@@H]2O)C1. The molecular weight excluding hydrogens is 881 g/mol. The summed E-state index contributed by atoms with van der Waals surface area (Å²) in [7, 11) is 0. The molecule has 8 aliphatic rings. The van der Waals surface area contributed by atoms with Gasteiger partial charge in [0.15, 0.2) is 18.9 Å². The lowest BCUT2D eigenvalue weighted by Crippen LogP contribution is -2.67. The van der Waals surface area contributed by atoms with E-state index in [1.54, 1.807) is 0 Å². The zero-order valence-electron chi connectivity index (χ0n) is 39.6. The van der Waals surface area contributed by atoms with Crippen molar-refractivity contribution in [3.05, 3.63) is 23.3 Å². The number of ether oxygens (including phenoxy) is 6. The highest BCUT2D eigenvalue weighted by Crippen LogP contribution is 2.74. The van der Waals surface area contributed by atoms with Gasteiger partial charge in [-0.2, -0.15) is 0 Å². The minimum absolute atomic E-state index is 0.0246. The lowest BCUT2D eigenvalue weighted by atomic mass is 9.35. The predicted octanol–water partition coefficient (Wildman–Crippen LogP) is -1.52. The van der Waals surface area contributed by atoms with Gasteiger partial charge in [0.2, 0.25) is 0 Å². The van der Waals surface area contributed by atoms with Crippen molar-refractivity contribution in [2.45, 2.75) is 197 Å². The number of hydrogen-bond donors (Lipinski definition) is 13. The summed E-state index contributed by atoms with van der Waals surface area (Å²) >= 11 is 0. The minimum Gasteiger partial charge on any atom is -0.396 e. The molecule has 3 aliphatic heterocycles. The van der Waals surface area contributed by atoms with E-state index in [4.69, 9.17) is 28.4 Å². The normalized spacial score (nSPS) is 54.2. The average Bonchev–Trinajstić information content (AvgIpc) is 3.29. The van der Waals surface area contributed by atoms with Crippen molar-refractivity contribution >= 4 is 0 Å². The third-order valence-electron chi connectivity index (χ3n) is 19.0. The van der Waals surface area contributed by atoms with Gasteiger partial charge in [-0.05, 0) is 85.0 Å². The Morgan fingerprint density at radius 2 is 1.19 bits per heavy atom. The van der Waals surface area contributed by atoms with E-state index in [1.165, 1.54) is 11.1 Å². The third kappa shape index (κ3) is 8.15. The summed E-state index contributed by atoms with van der Waals surface area (Å²) in [4.78, 5) is 0. The van der Waals surface area contributed by atoms with Gasteiger partial charge in [0.25, 0.3) is 0 Å². The molecule has 0 aromatic carbocycles. The zero-order chi connectivity index (χ0) is 49.0. The van der Waals surface area contributed by atoms with Gasteiger partial charge in [-0.25, -0.2) is 0 Å². The van der Waals surface area contributed by atoms with E-state index in [-0.39, 0.29) is 41.3 Å².